The van der Waals surface area contributed by atoms with E-state index in [-0.39, 0.29) is 29.8 Å². The first kappa shape index (κ1) is 21.5. The number of fused-ring (bicyclic) bond motifs is 1. The third-order valence-electron chi connectivity index (χ3n) is 7.33. The minimum absolute atomic E-state index is 0.0181. The first-order chi connectivity index (χ1) is 15.5. The lowest BCUT2D eigenvalue weighted by Crippen LogP contribution is -2.38. The summed E-state index contributed by atoms with van der Waals surface area (Å²) in [5, 5.41) is 14.3. The van der Waals surface area contributed by atoms with Crippen molar-refractivity contribution in [2.45, 2.75) is 57.6 Å². The summed E-state index contributed by atoms with van der Waals surface area (Å²) < 4.78 is 14.2. The summed E-state index contributed by atoms with van der Waals surface area (Å²) in [6.45, 7) is 2.83. The van der Waals surface area contributed by atoms with Gasteiger partial charge in [-0.3, -0.25) is 4.79 Å². The zero-order valence-electron chi connectivity index (χ0n) is 18.3. The number of rotatable bonds is 4. The summed E-state index contributed by atoms with van der Waals surface area (Å²) in [5.74, 6) is 0.322. The fraction of sp³-hybridized carbons (Fsp3) is 0.462. The second-order valence-electron chi connectivity index (χ2n) is 9.26. The predicted molar refractivity (Wildman–Crippen MR) is 126 cm³/mol. The highest BCUT2D eigenvalue weighted by Gasteiger charge is 2.37. The molecular formula is C26H29FN2O2S. The number of aromatic nitrogens is 1. The van der Waals surface area contributed by atoms with Crippen molar-refractivity contribution < 1.29 is 14.3 Å². The van der Waals surface area contributed by atoms with Crippen molar-refractivity contribution in [3.8, 4) is 11.3 Å². The van der Waals surface area contributed by atoms with Gasteiger partial charge in [-0.25, -0.2) is 9.37 Å². The lowest BCUT2D eigenvalue weighted by atomic mass is 9.79. The molecule has 0 unspecified atom stereocenters. The summed E-state index contributed by atoms with van der Waals surface area (Å²) in [4.78, 5) is 20.4. The van der Waals surface area contributed by atoms with Gasteiger partial charge in [-0.2, -0.15) is 0 Å². The molecular weight excluding hydrogens is 423 g/mol. The minimum atomic E-state index is -0.225. The van der Waals surface area contributed by atoms with E-state index >= 15 is 0 Å². The second-order valence-corrected chi connectivity index (χ2v) is 10.1. The molecule has 1 saturated heterocycles. The van der Waals surface area contributed by atoms with E-state index in [0.717, 1.165) is 66.7 Å². The van der Waals surface area contributed by atoms with Gasteiger partial charge in [-0.05, 0) is 62.0 Å². The van der Waals surface area contributed by atoms with Crippen molar-refractivity contribution in [1.82, 2.24) is 9.88 Å². The van der Waals surface area contributed by atoms with Crippen LogP contribution in [-0.2, 0) is 4.79 Å². The molecule has 4 nitrogen and oxygen atoms in total. The number of hydrogen-bond acceptors (Lipinski definition) is 4. The maximum Gasteiger partial charge on any atom is 0.226 e. The van der Waals surface area contributed by atoms with E-state index in [1.165, 1.54) is 6.07 Å². The third kappa shape index (κ3) is 3.95. The van der Waals surface area contributed by atoms with E-state index in [4.69, 9.17) is 4.98 Å². The highest BCUT2D eigenvalue weighted by Crippen LogP contribution is 2.40. The third-order valence-corrected chi connectivity index (χ3v) is 8.27. The van der Waals surface area contributed by atoms with Crippen LogP contribution >= 0.6 is 11.3 Å². The highest BCUT2D eigenvalue weighted by molar-refractivity contribution is 7.10. The van der Waals surface area contributed by atoms with E-state index < -0.39 is 0 Å². The summed E-state index contributed by atoms with van der Waals surface area (Å²) in [5.41, 5.74) is 1.77. The monoisotopic (exact) mass is 452 g/mol. The number of benzene rings is 2. The van der Waals surface area contributed by atoms with Crippen molar-refractivity contribution in [3.05, 3.63) is 52.6 Å². The van der Waals surface area contributed by atoms with E-state index in [0.29, 0.717) is 11.3 Å². The number of thiazole rings is 1. The van der Waals surface area contributed by atoms with Crippen LogP contribution in [0.4, 0.5) is 4.39 Å². The zero-order chi connectivity index (χ0) is 22.2. The molecule has 1 aliphatic carbocycles. The SMILES string of the molecule is C[C@H](C(=O)N1CCC[C@H]1c1nc(-c2ccc(F)c3ccccc23)cs1)C1CCC(O)CC1. The first-order valence-electron chi connectivity index (χ1n) is 11.6. The Bertz CT molecular complexity index is 1120. The van der Waals surface area contributed by atoms with Crippen LogP contribution < -0.4 is 0 Å². The first-order valence-corrected chi connectivity index (χ1v) is 12.5. The Hall–Kier alpha value is -2.31. The fourth-order valence-corrected chi connectivity index (χ4v) is 6.37. The van der Waals surface area contributed by atoms with Gasteiger partial charge in [0.15, 0.2) is 0 Å². The molecule has 2 atom stereocenters. The molecule has 0 bridgehead atoms. The Morgan fingerprint density at radius 1 is 1.12 bits per heavy atom. The van der Waals surface area contributed by atoms with Crippen LogP contribution in [0.2, 0.25) is 0 Å². The van der Waals surface area contributed by atoms with Crippen LogP contribution in [0.15, 0.2) is 41.8 Å². The zero-order valence-corrected chi connectivity index (χ0v) is 19.2. The van der Waals surface area contributed by atoms with Gasteiger partial charge in [0.2, 0.25) is 5.91 Å². The van der Waals surface area contributed by atoms with Gasteiger partial charge in [-0.1, -0.05) is 31.2 Å². The van der Waals surface area contributed by atoms with Gasteiger partial charge < -0.3 is 10.0 Å². The van der Waals surface area contributed by atoms with Crippen LogP contribution in [0.3, 0.4) is 0 Å². The molecule has 168 valence electrons. The average molecular weight is 453 g/mol. The molecule has 0 spiro atoms. The van der Waals surface area contributed by atoms with Crippen LogP contribution in [0.1, 0.15) is 56.5 Å². The molecule has 0 radical (unpaired) electrons. The second kappa shape index (κ2) is 8.91. The summed E-state index contributed by atoms with van der Waals surface area (Å²) in [6.07, 6.45) is 5.15. The maximum absolute atomic E-state index is 14.2. The number of hydrogen-bond donors (Lipinski definition) is 1. The number of carbonyl (C=O) groups is 1. The number of amides is 1. The normalized spacial score (nSPS) is 24.7. The number of aliphatic hydroxyl groups excluding tert-OH is 1. The molecule has 1 amide bonds. The van der Waals surface area contributed by atoms with Gasteiger partial charge in [0.05, 0.1) is 17.8 Å². The standard InChI is InChI=1S/C26H29FN2O2S/c1-16(17-8-10-18(30)11-9-17)26(31)29-14-4-7-24(29)25-28-23(15-32-25)21-12-13-22(27)20-6-3-2-5-19(20)21/h2-3,5-6,12-13,15-18,24,30H,4,7-11,14H2,1H3/t16-,17?,18?,24-/m0/s1. The molecule has 2 aliphatic rings. The largest absolute Gasteiger partial charge is 0.393 e. The summed E-state index contributed by atoms with van der Waals surface area (Å²) in [7, 11) is 0. The number of carbonyl (C=O) groups excluding carboxylic acids is 1. The molecule has 3 aromatic rings. The Morgan fingerprint density at radius 2 is 1.88 bits per heavy atom. The molecule has 5 rings (SSSR count). The van der Waals surface area contributed by atoms with Crippen molar-refractivity contribution in [3.63, 3.8) is 0 Å². The lowest BCUT2D eigenvalue weighted by Gasteiger charge is -2.33. The number of likely N-dealkylation sites (tertiary alicyclic amines) is 1. The Labute approximate surface area is 192 Å². The number of halogens is 1. The van der Waals surface area contributed by atoms with Crippen molar-refractivity contribution >= 4 is 28.0 Å². The molecule has 32 heavy (non-hydrogen) atoms. The van der Waals surface area contributed by atoms with Gasteiger partial charge in [0.1, 0.15) is 10.8 Å². The molecule has 6 heteroatoms. The topological polar surface area (TPSA) is 53.4 Å². The summed E-state index contributed by atoms with van der Waals surface area (Å²) in [6, 6.07) is 10.8. The van der Waals surface area contributed by atoms with E-state index in [1.807, 2.05) is 28.5 Å². The van der Waals surface area contributed by atoms with E-state index in [1.54, 1.807) is 23.5 Å². The van der Waals surface area contributed by atoms with Crippen molar-refractivity contribution in [2.75, 3.05) is 6.54 Å². The Balaban J connectivity index is 1.38. The van der Waals surface area contributed by atoms with Crippen LogP contribution in [0, 0.1) is 17.7 Å². The van der Waals surface area contributed by atoms with E-state index in [2.05, 4.69) is 6.92 Å². The molecule has 2 aromatic carbocycles. The highest BCUT2D eigenvalue weighted by atomic mass is 32.1. The molecule has 2 fully saturated rings. The van der Waals surface area contributed by atoms with Gasteiger partial charge in [0.25, 0.3) is 0 Å². The van der Waals surface area contributed by atoms with Crippen LogP contribution in [-0.4, -0.2) is 33.5 Å². The maximum atomic E-state index is 14.2. The average Bonchev–Trinajstić information content (AvgIpc) is 3.49. The molecule has 1 aromatic heterocycles. The van der Waals surface area contributed by atoms with E-state index in [9.17, 15) is 14.3 Å². The van der Waals surface area contributed by atoms with Gasteiger partial charge >= 0.3 is 0 Å². The minimum Gasteiger partial charge on any atom is -0.393 e. The Morgan fingerprint density at radius 3 is 2.66 bits per heavy atom. The van der Waals surface area contributed by atoms with Crippen LogP contribution in [0.25, 0.3) is 22.0 Å². The van der Waals surface area contributed by atoms with Gasteiger partial charge in [-0.15, -0.1) is 11.3 Å². The van der Waals surface area contributed by atoms with Gasteiger partial charge in [0, 0.05) is 28.8 Å². The van der Waals surface area contributed by atoms with Crippen LogP contribution in [0.5, 0.6) is 0 Å². The summed E-state index contributed by atoms with van der Waals surface area (Å²) >= 11 is 1.59. The fourth-order valence-electron chi connectivity index (χ4n) is 5.40. The number of nitrogens with zero attached hydrogens (tertiary/aromatic N) is 2. The molecule has 2 heterocycles. The number of aliphatic hydroxyl groups is 1. The molecule has 1 N–H and O–H groups in total. The quantitative estimate of drug-likeness (QED) is 0.532. The molecule has 1 aliphatic heterocycles. The smallest absolute Gasteiger partial charge is 0.226 e. The lowest BCUT2D eigenvalue weighted by molar-refractivity contribution is -0.138. The van der Waals surface area contributed by atoms with Crippen molar-refractivity contribution in [2.24, 2.45) is 11.8 Å². The molecule has 1 saturated carbocycles. The predicted octanol–water partition coefficient (Wildman–Crippen LogP) is 5.95. The Kier molecular flexibility index (Phi) is 5.99. The van der Waals surface area contributed by atoms with Crippen molar-refractivity contribution in [1.29, 1.82) is 0 Å².